The molecule has 3 amide bonds. The monoisotopic (exact) mass is 358 g/mol. The van der Waals surface area contributed by atoms with Crippen molar-refractivity contribution < 1.29 is 14.4 Å². The van der Waals surface area contributed by atoms with Crippen LogP contribution in [0.1, 0.15) is 26.3 Å². The fraction of sp³-hybridized carbons (Fsp3) is 0.0625. The van der Waals surface area contributed by atoms with Crippen LogP contribution in [0.25, 0.3) is 0 Å². The summed E-state index contributed by atoms with van der Waals surface area (Å²) in [6.07, 6.45) is 0.212. The topological polar surface area (TPSA) is 75.3 Å². The predicted molar refractivity (Wildman–Crippen MR) is 84.7 cm³/mol. The predicted octanol–water partition coefficient (Wildman–Crippen LogP) is 2.51. The molecule has 5 nitrogen and oxygen atoms in total. The van der Waals surface area contributed by atoms with Crippen LogP contribution in [0.15, 0.2) is 46.9 Å². The molecule has 0 atom stereocenters. The molecule has 22 heavy (non-hydrogen) atoms. The molecule has 0 aromatic heterocycles. The number of hydrogen-bond acceptors (Lipinski definition) is 3. The third kappa shape index (κ3) is 2.78. The number of fused-ring (bicyclic) bond motifs is 1. The number of imide groups is 1. The number of carbonyl (C=O) groups excluding carboxylic acids is 3. The third-order valence-corrected chi connectivity index (χ3v) is 4.10. The Balaban J connectivity index is 1.75. The fourth-order valence-corrected chi connectivity index (χ4v) is 2.69. The SMILES string of the molecule is O=C(Cc1ccccc1Br)Nc1ccc2c(c1)C(=O)NC2=O. The second-order valence-electron chi connectivity index (χ2n) is 4.86. The van der Waals surface area contributed by atoms with Gasteiger partial charge in [0, 0.05) is 10.2 Å². The molecule has 0 saturated heterocycles. The number of rotatable bonds is 3. The van der Waals surface area contributed by atoms with Crippen molar-refractivity contribution in [2.24, 2.45) is 0 Å². The van der Waals surface area contributed by atoms with Crippen LogP contribution in [-0.4, -0.2) is 17.7 Å². The van der Waals surface area contributed by atoms with Gasteiger partial charge in [0.2, 0.25) is 5.91 Å². The summed E-state index contributed by atoms with van der Waals surface area (Å²) in [4.78, 5) is 35.1. The molecular formula is C16H11BrN2O3. The van der Waals surface area contributed by atoms with Crippen molar-refractivity contribution in [1.29, 1.82) is 0 Å². The van der Waals surface area contributed by atoms with E-state index in [0.717, 1.165) is 10.0 Å². The van der Waals surface area contributed by atoms with E-state index in [0.29, 0.717) is 11.3 Å². The Kier molecular flexibility index (Phi) is 3.77. The van der Waals surface area contributed by atoms with Gasteiger partial charge in [0.05, 0.1) is 17.5 Å². The smallest absolute Gasteiger partial charge is 0.259 e. The molecule has 2 aromatic carbocycles. The summed E-state index contributed by atoms with van der Waals surface area (Å²) >= 11 is 3.39. The maximum atomic E-state index is 12.1. The van der Waals surface area contributed by atoms with Crippen molar-refractivity contribution in [2.45, 2.75) is 6.42 Å². The molecule has 1 heterocycles. The molecule has 0 unspecified atom stereocenters. The van der Waals surface area contributed by atoms with Crippen LogP contribution in [0.3, 0.4) is 0 Å². The minimum Gasteiger partial charge on any atom is -0.326 e. The minimum absolute atomic E-state index is 0.198. The second-order valence-corrected chi connectivity index (χ2v) is 5.71. The van der Waals surface area contributed by atoms with E-state index in [4.69, 9.17) is 0 Å². The molecule has 1 aliphatic heterocycles. The lowest BCUT2D eigenvalue weighted by molar-refractivity contribution is -0.115. The molecule has 6 heteroatoms. The lowest BCUT2D eigenvalue weighted by atomic mass is 10.1. The lowest BCUT2D eigenvalue weighted by Gasteiger charge is -2.07. The molecule has 0 spiro atoms. The maximum Gasteiger partial charge on any atom is 0.259 e. The molecule has 0 radical (unpaired) electrons. The van der Waals surface area contributed by atoms with E-state index >= 15 is 0 Å². The number of nitrogens with one attached hydrogen (secondary N) is 2. The number of amides is 3. The van der Waals surface area contributed by atoms with Crippen molar-refractivity contribution in [3.8, 4) is 0 Å². The van der Waals surface area contributed by atoms with Crippen molar-refractivity contribution in [3.63, 3.8) is 0 Å². The van der Waals surface area contributed by atoms with E-state index in [2.05, 4.69) is 26.6 Å². The highest BCUT2D eigenvalue weighted by atomic mass is 79.9. The first-order valence-electron chi connectivity index (χ1n) is 6.57. The zero-order chi connectivity index (χ0) is 15.7. The van der Waals surface area contributed by atoms with Gasteiger partial charge in [-0.1, -0.05) is 34.1 Å². The Morgan fingerprint density at radius 2 is 1.77 bits per heavy atom. The fourth-order valence-electron chi connectivity index (χ4n) is 2.27. The summed E-state index contributed by atoms with van der Waals surface area (Å²) in [6.45, 7) is 0. The van der Waals surface area contributed by atoms with E-state index in [1.54, 1.807) is 6.07 Å². The first-order valence-corrected chi connectivity index (χ1v) is 7.37. The Hall–Kier alpha value is -2.47. The van der Waals surface area contributed by atoms with Crippen LogP contribution in [-0.2, 0) is 11.2 Å². The lowest BCUT2D eigenvalue weighted by Crippen LogP contribution is -2.19. The molecule has 0 saturated carbocycles. The molecule has 110 valence electrons. The highest BCUT2D eigenvalue weighted by Gasteiger charge is 2.26. The normalized spacial score (nSPS) is 12.8. The van der Waals surface area contributed by atoms with E-state index in [9.17, 15) is 14.4 Å². The van der Waals surface area contributed by atoms with Crippen molar-refractivity contribution >= 4 is 39.3 Å². The molecule has 2 aromatic rings. The largest absolute Gasteiger partial charge is 0.326 e. The highest BCUT2D eigenvalue weighted by Crippen LogP contribution is 2.21. The summed E-state index contributed by atoms with van der Waals surface area (Å²) in [5.41, 5.74) is 1.97. The Labute approximate surface area is 134 Å². The summed E-state index contributed by atoms with van der Waals surface area (Å²) in [7, 11) is 0. The van der Waals surface area contributed by atoms with Crippen LogP contribution in [0.2, 0.25) is 0 Å². The molecule has 3 rings (SSSR count). The van der Waals surface area contributed by atoms with E-state index in [1.165, 1.54) is 12.1 Å². The summed E-state index contributed by atoms with van der Waals surface area (Å²) in [5, 5.41) is 4.94. The van der Waals surface area contributed by atoms with E-state index < -0.39 is 11.8 Å². The molecule has 0 aliphatic carbocycles. The first-order chi connectivity index (χ1) is 10.5. The molecule has 1 aliphatic rings. The standard InChI is InChI=1S/C16H11BrN2O3/c17-13-4-2-1-3-9(13)7-14(20)18-10-5-6-11-12(8-10)16(22)19-15(11)21/h1-6,8H,7H2,(H,18,20)(H,19,21,22). The van der Waals surface area contributed by atoms with Gasteiger partial charge in [-0.05, 0) is 29.8 Å². The maximum absolute atomic E-state index is 12.1. The minimum atomic E-state index is -0.443. The number of benzene rings is 2. The summed E-state index contributed by atoms with van der Waals surface area (Å²) in [5.74, 6) is -1.05. The van der Waals surface area contributed by atoms with Gasteiger partial charge in [-0.25, -0.2) is 0 Å². The zero-order valence-electron chi connectivity index (χ0n) is 11.4. The summed E-state index contributed by atoms with van der Waals surface area (Å²) in [6, 6.07) is 12.1. The second kappa shape index (κ2) is 5.73. The molecule has 2 N–H and O–H groups in total. The quantitative estimate of drug-likeness (QED) is 0.827. The van der Waals surface area contributed by atoms with Gasteiger partial charge in [0.1, 0.15) is 0 Å². The first kappa shape index (κ1) is 14.5. The van der Waals surface area contributed by atoms with Gasteiger partial charge < -0.3 is 5.32 Å². The van der Waals surface area contributed by atoms with Gasteiger partial charge in [-0.15, -0.1) is 0 Å². The number of halogens is 1. The van der Waals surface area contributed by atoms with Crippen LogP contribution < -0.4 is 10.6 Å². The molecule has 0 fully saturated rings. The average Bonchev–Trinajstić information content (AvgIpc) is 2.76. The third-order valence-electron chi connectivity index (χ3n) is 3.33. The average molecular weight is 359 g/mol. The number of hydrogen-bond donors (Lipinski definition) is 2. The highest BCUT2D eigenvalue weighted by molar-refractivity contribution is 9.10. The molecular weight excluding hydrogens is 348 g/mol. The van der Waals surface area contributed by atoms with Crippen molar-refractivity contribution in [1.82, 2.24) is 5.32 Å². The Morgan fingerprint density at radius 3 is 2.55 bits per heavy atom. The van der Waals surface area contributed by atoms with Gasteiger partial charge >= 0.3 is 0 Å². The van der Waals surface area contributed by atoms with Crippen LogP contribution in [0.4, 0.5) is 5.69 Å². The zero-order valence-corrected chi connectivity index (χ0v) is 12.9. The number of anilines is 1. The number of carbonyl (C=O) groups is 3. The van der Waals surface area contributed by atoms with Crippen LogP contribution in [0.5, 0.6) is 0 Å². The van der Waals surface area contributed by atoms with Gasteiger partial charge in [-0.2, -0.15) is 0 Å². The Morgan fingerprint density at radius 1 is 1.05 bits per heavy atom. The Bertz CT molecular complexity index is 802. The van der Waals surface area contributed by atoms with Crippen LogP contribution in [0, 0.1) is 0 Å². The van der Waals surface area contributed by atoms with Crippen molar-refractivity contribution in [2.75, 3.05) is 5.32 Å². The molecule has 0 bridgehead atoms. The summed E-state index contributed by atoms with van der Waals surface area (Å²) < 4.78 is 0.865. The van der Waals surface area contributed by atoms with Gasteiger partial charge in [0.25, 0.3) is 11.8 Å². The van der Waals surface area contributed by atoms with Crippen molar-refractivity contribution in [3.05, 3.63) is 63.6 Å². The van der Waals surface area contributed by atoms with Crippen LogP contribution >= 0.6 is 15.9 Å². The van der Waals surface area contributed by atoms with Gasteiger partial charge in [0.15, 0.2) is 0 Å². The van der Waals surface area contributed by atoms with Gasteiger partial charge in [-0.3, -0.25) is 19.7 Å². The van der Waals surface area contributed by atoms with E-state index in [-0.39, 0.29) is 17.9 Å². The van der Waals surface area contributed by atoms with E-state index in [1.807, 2.05) is 24.3 Å².